The summed E-state index contributed by atoms with van der Waals surface area (Å²) in [5, 5.41) is 6.78. The van der Waals surface area contributed by atoms with E-state index in [2.05, 4.69) is 11.4 Å². The molecule has 2 aromatic carbocycles. The number of thiazole rings is 1. The maximum absolute atomic E-state index is 12.5. The maximum Gasteiger partial charge on any atom is 0.229 e. The standard InChI is InChI=1S/C21H18N2O2S2/c1-2-25-15-9-7-14(8-10-15)13-19(24)23-20-16(11-12-26-20)21-22-17-5-3-4-6-18(17)27-21/h3-12H,2,13H2,1H3,(H,23,24). The van der Waals surface area contributed by atoms with Crippen molar-refractivity contribution < 1.29 is 9.53 Å². The molecule has 27 heavy (non-hydrogen) atoms. The van der Waals surface area contributed by atoms with Crippen molar-refractivity contribution in [2.24, 2.45) is 0 Å². The number of rotatable bonds is 6. The highest BCUT2D eigenvalue weighted by Gasteiger charge is 2.14. The highest BCUT2D eigenvalue weighted by molar-refractivity contribution is 7.22. The Kier molecular flexibility index (Phi) is 5.18. The van der Waals surface area contributed by atoms with E-state index in [0.29, 0.717) is 13.0 Å². The zero-order valence-corrected chi connectivity index (χ0v) is 16.4. The summed E-state index contributed by atoms with van der Waals surface area (Å²) in [6.45, 7) is 2.58. The fraction of sp³-hybridized carbons (Fsp3) is 0.143. The molecule has 4 rings (SSSR count). The van der Waals surface area contributed by atoms with Gasteiger partial charge in [0.2, 0.25) is 5.91 Å². The average molecular weight is 395 g/mol. The Morgan fingerprint density at radius 1 is 1.11 bits per heavy atom. The number of hydrogen-bond donors (Lipinski definition) is 1. The molecule has 0 fully saturated rings. The van der Waals surface area contributed by atoms with Gasteiger partial charge in [0.15, 0.2) is 0 Å². The Morgan fingerprint density at radius 3 is 2.70 bits per heavy atom. The first-order valence-electron chi connectivity index (χ1n) is 8.68. The van der Waals surface area contributed by atoms with Gasteiger partial charge in [-0.15, -0.1) is 22.7 Å². The van der Waals surface area contributed by atoms with Gasteiger partial charge < -0.3 is 10.1 Å². The normalized spacial score (nSPS) is 10.9. The van der Waals surface area contributed by atoms with Crippen LogP contribution in [0, 0.1) is 0 Å². The maximum atomic E-state index is 12.5. The third-order valence-corrected chi connectivity index (χ3v) is 5.94. The number of hydrogen-bond acceptors (Lipinski definition) is 5. The highest BCUT2D eigenvalue weighted by Crippen LogP contribution is 2.37. The summed E-state index contributed by atoms with van der Waals surface area (Å²) in [4.78, 5) is 17.2. The lowest BCUT2D eigenvalue weighted by Crippen LogP contribution is -2.14. The second-order valence-electron chi connectivity index (χ2n) is 5.95. The Morgan fingerprint density at radius 2 is 1.93 bits per heavy atom. The summed E-state index contributed by atoms with van der Waals surface area (Å²) in [6, 6.07) is 17.7. The number of fused-ring (bicyclic) bond motifs is 1. The number of para-hydroxylation sites is 1. The van der Waals surface area contributed by atoms with Crippen LogP contribution in [0.25, 0.3) is 20.8 Å². The van der Waals surface area contributed by atoms with E-state index in [0.717, 1.165) is 37.1 Å². The molecule has 0 saturated heterocycles. The summed E-state index contributed by atoms with van der Waals surface area (Å²) in [7, 11) is 0. The molecular formula is C21H18N2O2S2. The fourth-order valence-electron chi connectivity index (χ4n) is 2.79. The second kappa shape index (κ2) is 7.90. The Balaban J connectivity index is 1.48. The molecule has 1 amide bonds. The van der Waals surface area contributed by atoms with Crippen LogP contribution >= 0.6 is 22.7 Å². The van der Waals surface area contributed by atoms with E-state index in [1.54, 1.807) is 11.3 Å². The van der Waals surface area contributed by atoms with E-state index in [1.165, 1.54) is 11.3 Å². The number of aromatic nitrogens is 1. The van der Waals surface area contributed by atoms with Crippen LogP contribution in [0.3, 0.4) is 0 Å². The van der Waals surface area contributed by atoms with Crippen LogP contribution in [0.4, 0.5) is 5.00 Å². The second-order valence-corrected chi connectivity index (χ2v) is 7.90. The molecule has 0 atom stereocenters. The number of thiophene rings is 1. The van der Waals surface area contributed by atoms with Crippen LogP contribution in [-0.2, 0) is 11.2 Å². The van der Waals surface area contributed by atoms with Gasteiger partial charge in [0.25, 0.3) is 0 Å². The zero-order chi connectivity index (χ0) is 18.6. The van der Waals surface area contributed by atoms with Crippen molar-refractivity contribution in [1.29, 1.82) is 0 Å². The van der Waals surface area contributed by atoms with E-state index in [1.807, 2.05) is 60.8 Å². The van der Waals surface area contributed by atoms with Gasteiger partial charge in [-0.2, -0.15) is 0 Å². The first-order chi connectivity index (χ1) is 13.2. The lowest BCUT2D eigenvalue weighted by Gasteiger charge is -2.07. The van der Waals surface area contributed by atoms with Crippen LogP contribution in [0.1, 0.15) is 12.5 Å². The molecule has 0 bridgehead atoms. The number of carbonyl (C=O) groups is 1. The van der Waals surface area contributed by atoms with Crippen molar-refractivity contribution in [3.05, 3.63) is 65.5 Å². The zero-order valence-electron chi connectivity index (χ0n) is 14.8. The Hall–Kier alpha value is -2.70. The molecule has 0 aliphatic rings. The van der Waals surface area contributed by atoms with Crippen LogP contribution in [-0.4, -0.2) is 17.5 Å². The third-order valence-electron chi connectivity index (χ3n) is 4.04. The highest BCUT2D eigenvalue weighted by atomic mass is 32.1. The van der Waals surface area contributed by atoms with Gasteiger partial charge in [0, 0.05) is 5.56 Å². The van der Waals surface area contributed by atoms with Crippen molar-refractivity contribution >= 4 is 43.8 Å². The monoisotopic (exact) mass is 394 g/mol. The van der Waals surface area contributed by atoms with Crippen LogP contribution in [0.2, 0.25) is 0 Å². The van der Waals surface area contributed by atoms with Crippen molar-refractivity contribution in [2.75, 3.05) is 11.9 Å². The quantitative estimate of drug-likeness (QED) is 0.463. The first-order valence-corrected chi connectivity index (χ1v) is 10.4. The molecule has 4 nitrogen and oxygen atoms in total. The predicted molar refractivity (Wildman–Crippen MR) is 113 cm³/mol. The number of amides is 1. The molecule has 0 aliphatic carbocycles. The lowest BCUT2D eigenvalue weighted by atomic mass is 10.1. The van der Waals surface area contributed by atoms with Gasteiger partial charge in [-0.05, 0) is 48.2 Å². The largest absolute Gasteiger partial charge is 0.494 e. The van der Waals surface area contributed by atoms with E-state index in [-0.39, 0.29) is 5.91 Å². The van der Waals surface area contributed by atoms with Crippen molar-refractivity contribution in [2.45, 2.75) is 13.3 Å². The molecule has 0 radical (unpaired) electrons. The molecule has 0 aliphatic heterocycles. The number of carbonyl (C=O) groups excluding carboxylic acids is 1. The van der Waals surface area contributed by atoms with E-state index >= 15 is 0 Å². The summed E-state index contributed by atoms with van der Waals surface area (Å²) >= 11 is 3.15. The Bertz CT molecular complexity index is 1030. The van der Waals surface area contributed by atoms with Crippen LogP contribution in [0.5, 0.6) is 5.75 Å². The summed E-state index contributed by atoms with van der Waals surface area (Å²) in [5.41, 5.74) is 2.91. The number of benzene rings is 2. The molecule has 0 unspecified atom stereocenters. The summed E-state index contributed by atoms with van der Waals surface area (Å²) < 4.78 is 6.58. The number of anilines is 1. The van der Waals surface area contributed by atoms with Crippen LogP contribution in [0.15, 0.2) is 60.0 Å². The SMILES string of the molecule is CCOc1ccc(CC(=O)Nc2sccc2-c2nc3ccccc3s2)cc1. The number of nitrogens with one attached hydrogen (secondary N) is 1. The molecule has 0 spiro atoms. The van der Waals surface area contributed by atoms with Crippen molar-refractivity contribution in [1.82, 2.24) is 4.98 Å². The van der Waals surface area contributed by atoms with Crippen molar-refractivity contribution in [3.63, 3.8) is 0 Å². The average Bonchev–Trinajstić information content (AvgIpc) is 3.29. The van der Waals surface area contributed by atoms with Crippen LogP contribution < -0.4 is 10.1 Å². The summed E-state index contributed by atoms with van der Waals surface area (Å²) in [6.07, 6.45) is 0.323. The molecule has 136 valence electrons. The molecule has 1 N–H and O–H groups in total. The minimum atomic E-state index is -0.0380. The molecular weight excluding hydrogens is 376 g/mol. The topological polar surface area (TPSA) is 51.2 Å². The predicted octanol–water partition coefficient (Wildman–Crippen LogP) is 5.60. The first kappa shape index (κ1) is 17.7. The summed E-state index contributed by atoms with van der Waals surface area (Å²) in [5.74, 6) is 0.780. The van der Waals surface area contributed by atoms with Gasteiger partial charge in [0.1, 0.15) is 15.8 Å². The molecule has 2 aromatic heterocycles. The Labute approximate surface area is 165 Å². The molecule has 4 aromatic rings. The van der Waals surface area contributed by atoms with Gasteiger partial charge in [-0.3, -0.25) is 4.79 Å². The lowest BCUT2D eigenvalue weighted by molar-refractivity contribution is -0.115. The van der Waals surface area contributed by atoms with Gasteiger partial charge in [-0.1, -0.05) is 24.3 Å². The van der Waals surface area contributed by atoms with Gasteiger partial charge >= 0.3 is 0 Å². The van der Waals surface area contributed by atoms with E-state index in [4.69, 9.17) is 9.72 Å². The minimum Gasteiger partial charge on any atom is -0.494 e. The minimum absolute atomic E-state index is 0.0380. The van der Waals surface area contributed by atoms with Crippen molar-refractivity contribution in [3.8, 4) is 16.3 Å². The smallest absolute Gasteiger partial charge is 0.229 e. The molecule has 6 heteroatoms. The van der Waals surface area contributed by atoms with Gasteiger partial charge in [0.05, 0.1) is 23.2 Å². The van der Waals surface area contributed by atoms with E-state index in [9.17, 15) is 4.79 Å². The molecule has 0 saturated carbocycles. The number of ether oxygens (including phenoxy) is 1. The van der Waals surface area contributed by atoms with E-state index < -0.39 is 0 Å². The number of nitrogens with zero attached hydrogens (tertiary/aromatic N) is 1. The fourth-order valence-corrected chi connectivity index (χ4v) is 4.65. The molecule has 2 heterocycles. The van der Waals surface area contributed by atoms with Gasteiger partial charge in [-0.25, -0.2) is 4.98 Å². The third kappa shape index (κ3) is 4.02.